The minimum Gasteiger partial charge on any atom is -0.342 e. The van der Waals surface area contributed by atoms with Crippen molar-refractivity contribution >= 4 is 11.0 Å². The first-order valence-corrected chi connectivity index (χ1v) is 6.64. The molecule has 0 bridgehead atoms. The van der Waals surface area contributed by atoms with Gasteiger partial charge in [-0.1, -0.05) is 6.07 Å². The van der Waals surface area contributed by atoms with Gasteiger partial charge in [-0.05, 0) is 43.2 Å². The number of nitrogens with one attached hydrogen (secondary N) is 1. The molecule has 0 saturated heterocycles. The Morgan fingerprint density at radius 2 is 2.14 bits per heavy atom. The molecule has 0 spiro atoms. The third-order valence-electron chi connectivity index (χ3n) is 3.50. The zero-order valence-corrected chi connectivity index (χ0v) is 11.8. The highest BCUT2D eigenvalue weighted by Crippen LogP contribution is 2.14. The third kappa shape index (κ3) is 2.32. The maximum atomic E-state index is 12.2. The van der Waals surface area contributed by atoms with E-state index in [0.717, 1.165) is 22.4 Å². The van der Waals surface area contributed by atoms with E-state index in [4.69, 9.17) is 5.26 Å². The van der Waals surface area contributed by atoms with Gasteiger partial charge in [0.05, 0.1) is 17.6 Å². The molecule has 0 saturated carbocycles. The van der Waals surface area contributed by atoms with Gasteiger partial charge < -0.3 is 9.55 Å². The lowest BCUT2D eigenvalue weighted by Gasteiger charge is -2.07. The highest BCUT2D eigenvalue weighted by Gasteiger charge is 2.07. The molecule has 1 aromatic carbocycles. The fourth-order valence-corrected chi connectivity index (χ4v) is 2.40. The van der Waals surface area contributed by atoms with Crippen LogP contribution < -0.4 is 5.56 Å². The van der Waals surface area contributed by atoms with Crippen LogP contribution in [0.3, 0.4) is 0 Å². The number of rotatable bonds is 2. The molecule has 3 aromatic rings. The van der Waals surface area contributed by atoms with Crippen LogP contribution in [-0.4, -0.2) is 14.5 Å². The Labute approximate surface area is 121 Å². The van der Waals surface area contributed by atoms with Gasteiger partial charge in [0.2, 0.25) is 0 Å². The van der Waals surface area contributed by atoms with Gasteiger partial charge in [0.1, 0.15) is 17.5 Å². The molecule has 0 aliphatic rings. The fraction of sp³-hybridized carbons (Fsp3) is 0.188. The number of aromatic amines is 1. The molecular formula is C16H14N4O. The Bertz CT molecular complexity index is 928. The van der Waals surface area contributed by atoms with Crippen molar-refractivity contribution in [2.24, 2.45) is 0 Å². The molecule has 0 amide bonds. The lowest BCUT2D eigenvalue weighted by molar-refractivity contribution is 0.754. The van der Waals surface area contributed by atoms with Crippen molar-refractivity contribution in [3.63, 3.8) is 0 Å². The monoisotopic (exact) mass is 278 g/mol. The normalized spacial score (nSPS) is 10.7. The van der Waals surface area contributed by atoms with Crippen molar-refractivity contribution in [3.8, 4) is 6.07 Å². The lowest BCUT2D eigenvalue weighted by atomic mass is 10.1. The van der Waals surface area contributed by atoms with Crippen LogP contribution in [0.4, 0.5) is 0 Å². The quantitative estimate of drug-likeness (QED) is 0.781. The van der Waals surface area contributed by atoms with Crippen LogP contribution in [0.2, 0.25) is 0 Å². The average Bonchev–Trinajstić information content (AvgIpc) is 2.82. The highest BCUT2D eigenvalue weighted by molar-refractivity contribution is 5.75. The van der Waals surface area contributed by atoms with Crippen molar-refractivity contribution < 1.29 is 0 Å². The summed E-state index contributed by atoms with van der Waals surface area (Å²) < 4.78 is 1.55. The number of H-pyrrole nitrogens is 1. The zero-order valence-electron chi connectivity index (χ0n) is 11.8. The summed E-state index contributed by atoms with van der Waals surface area (Å²) in [6.45, 7) is 4.11. The van der Waals surface area contributed by atoms with Crippen molar-refractivity contribution in [1.82, 2.24) is 14.5 Å². The first-order chi connectivity index (χ1) is 10.1. The molecule has 1 N–H and O–H groups in total. The summed E-state index contributed by atoms with van der Waals surface area (Å²) in [5, 5.41) is 9.06. The molecule has 3 rings (SSSR count). The summed E-state index contributed by atoms with van der Waals surface area (Å²) >= 11 is 0. The van der Waals surface area contributed by atoms with Crippen LogP contribution in [0.15, 0.2) is 35.3 Å². The van der Waals surface area contributed by atoms with Crippen LogP contribution in [0.1, 0.15) is 22.5 Å². The van der Waals surface area contributed by atoms with Gasteiger partial charge in [-0.3, -0.25) is 4.79 Å². The summed E-state index contributed by atoms with van der Waals surface area (Å²) in [5.74, 6) is 0.862. The smallest absolute Gasteiger partial charge is 0.269 e. The largest absolute Gasteiger partial charge is 0.342 e. The van der Waals surface area contributed by atoms with Crippen molar-refractivity contribution in [2.75, 3.05) is 0 Å². The lowest BCUT2D eigenvalue weighted by Crippen LogP contribution is -2.23. The molecule has 0 radical (unpaired) electrons. The van der Waals surface area contributed by atoms with Crippen LogP contribution in [0.25, 0.3) is 11.0 Å². The molecule has 0 atom stereocenters. The number of fused-ring (bicyclic) bond motifs is 1. The highest BCUT2D eigenvalue weighted by atomic mass is 16.1. The van der Waals surface area contributed by atoms with E-state index in [2.05, 4.69) is 9.97 Å². The van der Waals surface area contributed by atoms with E-state index in [0.29, 0.717) is 12.1 Å². The predicted octanol–water partition coefficient (Wildman–Crippen LogP) is 2.26. The van der Waals surface area contributed by atoms with Crippen molar-refractivity contribution in [3.05, 3.63) is 63.3 Å². The predicted molar refractivity (Wildman–Crippen MR) is 80.1 cm³/mol. The van der Waals surface area contributed by atoms with E-state index >= 15 is 0 Å². The second-order valence-electron chi connectivity index (χ2n) is 5.09. The van der Waals surface area contributed by atoms with E-state index in [1.54, 1.807) is 23.8 Å². The summed E-state index contributed by atoms with van der Waals surface area (Å²) in [4.78, 5) is 19.7. The van der Waals surface area contributed by atoms with Crippen LogP contribution >= 0.6 is 0 Å². The van der Waals surface area contributed by atoms with Crippen molar-refractivity contribution in [2.45, 2.75) is 20.4 Å². The van der Waals surface area contributed by atoms with E-state index in [9.17, 15) is 4.79 Å². The van der Waals surface area contributed by atoms with Gasteiger partial charge in [-0.25, -0.2) is 4.98 Å². The Morgan fingerprint density at radius 3 is 2.90 bits per heavy atom. The Balaban J connectivity index is 2.02. The maximum Gasteiger partial charge on any atom is 0.269 e. The second-order valence-corrected chi connectivity index (χ2v) is 5.09. The number of nitriles is 1. The topological polar surface area (TPSA) is 74.5 Å². The number of aryl methyl sites for hydroxylation is 2. The van der Waals surface area contributed by atoms with Gasteiger partial charge >= 0.3 is 0 Å². The molecule has 104 valence electrons. The molecule has 2 heterocycles. The molecule has 2 aromatic heterocycles. The molecule has 0 aliphatic carbocycles. The van der Waals surface area contributed by atoms with E-state index in [1.807, 2.05) is 31.2 Å². The summed E-state index contributed by atoms with van der Waals surface area (Å²) in [7, 11) is 0. The second kappa shape index (κ2) is 4.91. The number of benzene rings is 1. The fourth-order valence-electron chi connectivity index (χ4n) is 2.40. The molecular weight excluding hydrogens is 264 g/mol. The van der Waals surface area contributed by atoms with E-state index < -0.39 is 0 Å². The third-order valence-corrected chi connectivity index (χ3v) is 3.50. The number of hydrogen-bond donors (Lipinski definition) is 1. The maximum absolute atomic E-state index is 12.2. The molecule has 5 nitrogen and oxygen atoms in total. The van der Waals surface area contributed by atoms with Gasteiger partial charge in [0.25, 0.3) is 5.56 Å². The number of imidazole rings is 1. The SMILES string of the molecule is Cc1nc2ccc(Cn3ccc(C)c(C#N)c3=O)cc2[nH]1. The summed E-state index contributed by atoms with van der Waals surface area (Å²) in [6, 6.07) is 9.62. The molecule has 21 heavy (non-hydrogen) atoms. The first-order valence-electron chi connectivity index (χ1n) is 6.64. The van der Waals surface area contributed by atoms with Crippen LogP contribution in [-0.2, 0) is 6.54 Å². The number of hydrogen-bond acceptors (Lipinski definition) is 3. The summed E-state index contributed by atoms with van der Waals surface area (Å²) in [6.07, 6.45) is 1.72. The molecule has 0 fully saturated rings. The van der Waals surface area contributed by atoms with Crippen molar-refractivity contribution in [1.29, 1.82) is 5.26 Å². The first kappa shape index (κ1) is 13.1. The Hall–Kier alpha value is -2.87. The van der Waals surface area contributed by atoms with Gasteiger partial charge in [0.15, 0.2) is 0 Å². The molecule has 5 heteroatoms. The van der Waals surface area contributed by atoms with E-state index in [1.165, 1.54) is 0 Å². The number of nitrogens with zero attached hydrogens (tertiary/aromatic N) is 3. The van der Waals surface area contributed by atoms with Gasteiger partial charge in [-0.2, -0.15) is 5.26 Å². The van der Waals surface area contributed by atoms with Gasteiger partial charge in [0, 0.05) is 6.20 Å². The Kier molecular flexibility index (Phi) is 3.07. The minimum absolute atomic E-state index is 0.205. The van der Waals surface area contributed by atoms with Gasteiger partial charge in [-0.15, -0.1) is 0 Å². The number of aromatic nitrogens is 3. The van der Waals surface area contributed by atoms with Crippen LogP contribution in [0, 0.1) is 25.2 Å². The summed E-state index contributed by atoms with van der Waals surface area (Å²) in [5.41, 5.74) is 3.50. The average molecular weight is 278 g/mol. The Morgan fingerprint density at radius 1 is 1.33 bits per heavy atom. The number of pyridine rings is 1. The van der Waals surface area contributed by atoms with E-state index in [-0.39, 0.29) is 11.1 Å². The molecule has 0 aliphatic heterocycles. The van der Waals surface area contributed by atoms with Crippen LogP contribution in [0.5, 0.6) is 0 Å². The zero-order chi connectivity index (χ0) is 15.0. The minimum atomic E-state index is -0.251. The standard InChI is InChI=1S/C16H14N4O/c1-10-5-6-20(16(21)13(10)8-17)9-12-3-4-14-15(7-12)19-11(2)18-14/h3-7H,9H2,1-2H3,(H,18,19). The molecule has 0 unspecified atom stereocenters.